The maximum absolute atomic E-state index is 13.3. The van der Waals surface area contributed by atoms with Gasteiger partial charge in [-0.1, -0.05) is 43.3 Å². The monoisotopic (exact) mass is 395 g/mol. The number of halogens is 2. The first-order valence-corrected chi connectivity index (χ1v) is 9.41. The number of nitrogens with two attached hydrogens (primary N) is 1. The maximum atomic E-state index is 13.3. The summed E-state index contributed by atoms with van der Waals surface area (Å²) in [6.45, 7) is 2.29. The molecule has 3 rings (SSSR count). The second-order valence-electron chi connectivity index (χ2n) is 6.75. The number of carbonyl (C=O) groups excluding carboxylic acids is 1. The Morgan fingerprint density at radius 3 is 2.41 bits per heavy atom. The molecule has 0 aliphatic carbocycles. The number of hydrogen-bond acceptors (Lipinski definition) is 3. The van der Waals surface area contributed by atoms with Crippen molar-refractivity contribution in [2.45, 2.75) is 25.9 Å². The van der Waals surface area contributed by atoms with Gasteiger partial charge in [0, 0.05) is 12.1 Å². The predicted molar refractivity (Wildman–Crippen MR) is 111 cm³/mol. The average molecular weight is 395 g/mol. The topological polar surface area (TPSA) is 67.2 Å². The summed E-state index contributed by atoms with van der Waals surface area (Å²) in [5.74, 6) is -1.99. The fraction of sp³-hybridized carbons (Fsp3) is 0.174. The number of carbonyl (C=O) groups is 1. The summed E-state index contributed by atoms with van der Waals surface area (Å²) in [5.41, 5.74) is 9.16. The first-order valence-electron chi connectivity index (χ1n) is 9.41. The predicted octanol–water partition coefficient (Wildman–Crippen LogP) is 5.04. The van der Waals surface area contributed by atoms with E-state index < -0.39 is 11.6 Å². The Balaban J connectivity index is 1.66. The molecule has 3 aromatic carbocycles. The van der Waals surface area contributed by atoms with Gasteiger partial charge in [-0.25, -0.2) is 8.78 Å². The molecule has 0 heterocycles. The third kappa shape index (κ3) is 5.10. The van der Waals surface area contributed by atoms with E-state index in [4.69, 9.17) is 5.73 Å². The number of amides is 1. The van der Waals surface area contributed by atoms with Crippen LogP contribution < -0.4 is 16.4 Å². The van der Waals surface area contributed by atoms with Gasteiger partial charge in [-0.2, -0.15) is 0 Å². The van der Waals surface area contributed by atoms with E-state index in [0.717, 1.165) is 24.1 Å². The standard InChI is InChI=1S/C23H23F2N3O/c1-2-21(16-6-4-3-5-7-16)28-23(29)17-9-11-22(20(26)13-17)27-14-15-8-10-18(24)19(25)12-15/h3-13,21,27H,2,14,26H2,1H3,(H,28,29)/t21-/m1/s1. The molecular formula is C23H23F2N3O. The van der Waals surface area contributed by atoms with Crippen LogP contribution in [0.1, 0.15) is 40.9 Å². The summed E-state index contributed by atoms with van der Waals surface area (Å²) in [6.07, 6.45) is 0.763. The van der Waals surface area contributed by atoms with E-state index in [-0.39, 0.29) is 18.5 Å². The zero-order chi connectivity index (χ0) is 20.8. The van der Waals surface area contributed by atoms with Crippen LogP contribution in [0.3, 0.4) is 0 Å². The fourth-order valence-corrected chi connectivity index (χ4v) is 3.06. The molecule has 0 bridgehead atoms. The summed E-state index contributed by atoms with van der Waals surface area (Å²) in [5, 5.41) is 6.10. The molecule has 0 aliphatic rings. The molecule has 4 N–H and O–H groups in total. The Bertz CT molecular complexity index is 993. The number of hydrogen-bond donors (Lipinski definition) is 3. The van der Waals surface area contributed by atoms with E-state index in [1.54, 1.807) is 18.2 Å². The normalized spacial score (nSPS) is 11.7. The highest BCUT2D eigenvalue weighted by molar-refractivity contribution is 5.96. The first kappa shape index (κ1) is 20.3. The van der Waals surface area contributed by atoms with Crippen LogP contribution in [0.15, 0.2) is 66.7 Å². The van der Waals surface area contributed by atoms with Crippen molar-refractivity contribution in [3.8, 4) is 0 Å². The van der Waals surface area contributed by atoms with E-state index in [0.29, 0.717) is 22.5 Å². The van der Waals surface area contributed by atoms with Crippen molar-refractivity contribution in [1.82, 2.24) is 5.32 Å². The molecule has 150 valence electrons. The molecule has 1 amide bonds. The van der Waals surface area contributed by atoms with Gasteiger partial charge < -0.3 is 16.4 Å². The lowest BCUT2D eigenvalue weighted by Gasteiger charge is -2.18. The van der Waals surface area contributed by atoms with Crippen LogP contribution in [0, 0.1) is 11.6 Å². The van der Waals surface area contributed by atoms with Crippen LogP contribution in [-0.4, -0.2) is 5.91 Å². The van der Waals surface area contributed by atoms with Gasteiger partial charge >= 0.3 is 0 Å². The summed E-state index contributed by atoms with van der Waals surface area (Å²) < 4.78 is 26.3. The largest absolute Gasteiger partial charge is 0.397 e. The minimum absolute atomic E-state index is 0.0869. The van der Waals surface area contributed by atoms with Crippen molar-refractivity contribution >= 4 is 17.3 Å². The third-order valence-corrected chi connectivity index (χ3v) is 4.70. The van der Waals surface area contributed by atoms with Gasteiger partial charge in [0.15, 0.2) is 11.6 Å². The molecule has 0 aromatic heterocycles. The zero-order valence-corrected chi connectivity index (χ0v) is 16.1. The van der Waals surface area contributed by atoms with Crippen LogP contribution in [-0.2, 0) is 6.54 Å². The molecule has 0 radical (unpaired) electrons. The minimum Gasteiger partial charge on any atom is -0.397 e. The number of nitrogen functional groups attached to an aromatic ring is 1. The molecule has 3 aromatic rings. The van der Waals surface area contributed by atoms with Gasteiger partial charge in [0.05, 0.1) is 17.4 Å². The molecule has 1 atom stereocenters. The van der Waals surface area contributed by atoms with Gasteiger partial charge in [-0.05, 0) is 47.9 Å². The Labute approximate surface area is 168 Å². The Morgan fingerprint density at radius 1 is 1.00 bits per heavy atom. The molecule has 0 spiro atoms. The third-order valence-electron chi connectivity index (χ3n) is 4.70. The van der Waals surface area contributed by atoms with Crippen molar-refractivity contribution < 1.29 is 13.6 Å². The van der Waals surface area contributed by atoms with Gasteiger partial charge in [0.2, 0.25) is 0 Å². The molecule has 0 saturated carbocycles. The van der Waals surface area contributed by atoms with Crippen molar-refractivity contribution in [3.05, 3.63) is 95.1 Å². The van der Waals surface area contributed by atoms with Gasteiger partial charge in [-0.3, -0.25) is 4.79 Å². The number of anilines is 2. The fourth-order valence-electron chi connectivity index (χ4n) is 3.06. The van der Waals surface area contributed by atoms with Gasteiger partial charge in [0.1, 0.15) is 0 Å². The van der Waals surface area contributed by atoms with Crippen molar-refractivity contribution in [3.63, 3.8) is 0 Å². The minimum atomic E-state index is -0.895. The highest BCUT2D eigenvalue weighted by Gasteiger charge is 2.15. The van der Waals surface area contributed by atoms with Crippen LogP contribution >= 0.6 is 0 Å². The quantitative estimate of drug-likeness (QED) is 0.491. The second kappa shape index (κ2) is 9.19. The Kier molecular flexibility index (Phi) is 6.44. The zero-order valence-electron chi connectivity index (χ0n) is 16.1. The molecule has 29 heavy (non-hydrogen) atoms. The summed E-state index contributed by atoms with van der Waals surface area (Å²) in [6, 6.07) is 18.4. The van der Waals surface area contributed by atoms with Gasteiger partial charge in [0.25, 0.3) is 5.91 Å². The molecule has 0 unspecified atom stereocenters. The van der Waals surface area contributed by atoms with Crippen molar-refractivity contribution in [2.75, 3.05) is 11.1 Å². The smallest absolute Gasteiger partial charge is 0.251 e. The lowest BCUT2D eigenvalue weighted by Crippen LogP contribution is -2.28. The maximum Gasteiger partial charge on any atom is 0.251 e. The molecule has 0 aliphatic heterocycles. The highest BCUT2D eigenvalue weighted by atomic mass is 19.2. The SMILES string of the molecule is CC[C@@H](NC(=O)c1ccc(NCc2ccc(F)c(F)c2)c(N)c1)c1ccccc1. The highest BCUT2D eigenvalue weighted by Crippen LogP contribution is 2.22. The van der Waals surface area contributed by atoms with Crippen LogP contribution in [0.2, 0.25) is 0 Å². The molecular weight excluding hydrogens is 372 g/mol. The molecule has 4 nitrogen and oxygen atoms in total. The van der Waals surface area contributed by atoms with Crippen LogP contribution in [0.4, 0.5) is 20.2 Å². The van der Waals surface area contributed by atoms with E-state index in [1.165, 1.54) is 6.07 Å². The summed E-state index contributed by atoms with van der Waals surface area (Å²) in [4.78, 5) is 12.6. The van der Waals surface area contributed by atoms with E-state index in [2.05, 4.69) is 10.6 Å². The van der Waals surface area contributed by atoms with Crippen molar-refractivity contribution in [2.24, 2.45) is 0 Å². The lowest BCUT2D eigenvalue weighted by atomic mass is 10.0. The molecule has 6 heteroatoms. The number of rotatable bonds is 7. The Hall–Kier alpha value is -3.41. The van der Waals surface area contributed by atoms with Crippen LogP contribution in [0.25, 0.3) is 0 Å². The number of benzene rings is 3. The first-order chi connectivity index (χ1) is 14.0. The molecule has 0 fully saturated rings. The van der Waals surface area contributed by atoms with E-state index >= 15 is 0 Å². The lowest BCUT2D eigenvalue weighted by molar-refractivity contribution is 0.0935. The van der Waals surface area contributed by atoms with Crippen LogP contribution in [0.5, 0.6) is 0 Å². The summed E-state index contributed by atoms with van der Waals surface area (Å²) in [7, 11) is 0. The van der Waals surface area contributed by atoms with Gasteiger partial charge in [-0.15, -0.1) is 0 Å². The van der Waals surface area contributed by atoms with Crippen molar-refractivity contribution in [1.29, 1.82) is 0 Å². The Morgan fingerprint density at radius 2 is 1.76 bits per heavy atom. The average Bonchev–Trinajstić information content (AvgIpc) is 2.74. The second-order valence-corrected chi connectivity index (χ2v) is 6.75. The molecule has 0 saturated heterocycles. The summed E-state index contributed by atoms with van der Waals surface area (Å²) >= 11 is 0. The van der Waals surface area contributed by atoms with E-state index in [1.807, 2.05) is 37.3 Å². The number of nitrogens with one attached hydrogen (secondary N) is 2. The van der Waals surface area contributed by atoms with E-state index in [9.17, 15) is 13.6 Å².